The van der Waals surface area contributed by atoms with Crippen LogP contribution in [-0.2, 0) is 0 Å². The van der Waals surface area contributed by atoms with Crippen LogP contribution in [0.5, 0.6) is 0 Å². The normalized spacial score (nSPS) is 44.6. The highest BCUT2D eigenvalue weighted by Gasteiger charge is 2.51. The molecule has 5 aliphatic rings. The minimum atomic E-state index is 0.141. The van der Waals surface area contributed by atoms with Crippen molar-refractivity contribution < 1.29 is 4.79 Å². The van der Waals surface area contributed by atoms with Crippen molar-refractivity contribution in [1.29, 1.82) is 0 Å². The van der Waals surface area contributed by atoms with E-state index in [4.69, 9.17) is 0 Å². The molecule has 2 amide bonds. The van der Waals surface area contributed by atoms with Gasteiger partial charge >= 0.3 is 6.03 Å². The second-order valence-corrected chi connectivity index (χ2v) is 8.24. The van der Waals surface area contributed by atoms with Crippen LogP contribution in [0.4, 0.5) is 4.79 Å². The summed E-state index contributed by atoms with van der Waals surface area (Å²) in [4.78, 5) is 14.7. The summed E-state index contributed by atoms with van der Waals surface area (Å²) >= 11 is 0. The summed E-state index contributed by atoms with van der Waals surface area (Å²) in [5.74, 6) is 2.66. The monoisotopic (exact) mass is 291 g/mol. The maximum Gasteiger partial charge on any atom is 0.317 e. The first-order chi connectivity index (χ1) is 10.1. The van der Waals surface area contributed by atoms with Gasteiger partial charge in [-0.2, -0.15) is 0 Å². The van der Waals surface area contributed by atoms with Crippen molar-refractivity contribution >= 4 is 6.03 Å². The summed E-state index contributed by atoms with van der Waals surface area (Å²) in [5, 5.41) is 6.89. The summed E-state index contributed by atoms with van der Waals surface area (Å²) in [6.07, 6.45) is 10.3. The lowest BCUT2D eigenvalue weighted by atomic mass is 9.53. The minimum absolute atomic E-state index is 0.141. The van der Waals surface area contributed by atoms with Crippen LogP contribution in [0.1, 0.15) is 51.4 Å². The maximum absolute atomic E-state index is 12.7. The van der Waals surface area contributed by atoms with E-state index in [9.17, 15) is 4.79 Å². The molecular weight excluding hydrogens is 262 g/mol. The molecular formula is C17H29N3O. The van der Waals surface area contributed by atoms with Gasteiger partial charge in [0.1, 0.15) is 0 Å². The van der Waals surface area contributed by atoms with Crippen molar-refractivity contribution in [2.75, 3.05) is 20.1 Å². The van der Waals surface area contributed by atoms with Gasteiger partial charge < -0.3 is 15.5 Å². The fraction of sp³-hybridized carbons (Fsp3) is 0.941. The van der Waals surface area contributed by atoms with Gasteiger partial charge in [0.15, 0.2) is 0 Å². The molecule has 4 nitrogen and oxygen atoms in total. The van der Waals surface area contributed by atoms with Gasteiger partial charge in [0.05, 0.1) is 0 Å². The van der Waals surface area contributed by atoms with E-state index in [-0.39, 0.29) is 11.6 Å². The van der Waals surface area contributed by atoms with E-state index >= 15 is 0 Å². The quantitative estimate of drug-likeness (QED) is 0.820. The van der Waals surface area contributed by atoms with Crippen LogP contribution in [0.3, 0.4) is 0 Å². The van der Waals surface area contributed by atoms with Gasteiger partial charge in [0.2, 0.25) is 0 Å². The van der Waals surface area contributed by atoms with Crippen molar-refractivity contribution in [3.05, 3.63) is 0 Å². The highest BCUT2D eigenvalue weighted by atomic mass is 16.2. The van der Waals surface area contributed by atoms with E-state index in [1.54, 1.807) is 0 Å². The van der Waals surface area contributed by atoms with Crippen LogP contribution in [0.15, 0.2) is 0 Å². The Bertz CT molecular complexity index is 381. The summed E-state index contributed by atoms with van der Waals surface area (Å²) in [5.41, 5.74) is 0.141. The molecule has 2 N–H and O–H groups in total. The van der Waals surface area contributed by atoms with Gasteiger partial charge in [-0.3, -0.25) is 0 Å². The molecule has 0 aromatic rings. The molecule has 4 heteroatoms. The third-order valence-corrected chi connectivity index (χ3v) is 6.55. The highest BCUT2D eigenvalue weighted by Crippen LogP contribution is 2.55. The van der Waals surface area contributed by atoms with Gasteiger partial charge in [-0.1, -0.05) is 0 Å². The van der Waals surface area contributed by atoms with Gasteiger partial charge in [0.25, 0.3) is 0 Å². The average molecular weight is 291 g/mol. The number of rotatable bonds is 2. The van der Waals surface area contributed by atoms with E-state index in [0.29, 0.717) is 6.04 Å². The number of amides is 2. The third-order valence-electron chi connectivity index (χ3n) is 6.55. The van der Waals surface area contributed by atoms with Gasteiger partial charge in [-0.05, 0) is 75.7 Å². The lowest BCUT2D eigenvalue weighted by Gasteiger charge is -2.57. The van der Waals surface area contributed by atoms with E-state index in [2.05, 4.69) is 10.6 Å². The summed E-state index contributed by atoms with van der Waals surface area (Å²) < 4.78 is 0. The van der Waals surface area contributed by atoms with Gasteiger partial charge in [-0.15, -0.1) is 0 Å². The standard InChI is InChI=1S/C17H29N3O/c1-20(15-3-2-4-18-11-15)16(21)19-17-8-12-5-13(9-17)7-14(6-12)10-17/h12-15,18H,2-11H2,1H3,(H,19,21). The highest BCUT2D eigenvalue weighted by molar-refractivity contribution is 5.75. The molecule has 0 aromatic carbocycles. The molecule has 0 radical (unpaired) electrons. The number of nitrogens with zero attached hydrogens (tertiary/aromatic N) is 1. The van der Waals surface area contributed by atoms with Crippen LogP contribution in [0, 0.1) is 17.8 Å². The van der Waals surface area contributed by atoms with Crippen molar-refractivity contribution in [2.45, 2.75) is 62.9 Å². The molecule has 1 aliphatic heterocycles. The zero-order valence-corrected chi connectivity index (χ0v) is 13.2. The summed E-state index contributed by atoms with van der Waals surface area (Å²) in [6.45, 7) is 2.05. The smallest absolute Gasteiger partial charge is 0.317 e. The predicted octanol–water partition coefficient (Wildman–Crippen LogP) is 2.35. The van der Waals surface area contributed by atoms with Crippen LogP contribution in [0.2, 0.25) is 0 Å². The molecule has 118 valence electrons. The van der Waals surface area contributed by atoms with Crippen LogP contribution >= 0.6 is 0 Å². The van der Waals surface area contributed by atoms with Gasteiger partial charge in [0, 0.05) is 25.2 Å². The number of hydrogen-bond acceptors (Lipinski definition) is 2. The molecule has 1 unspecified atom stereocenters. The van der Waals surface area contributed by atoms with E-state index in [0.717, 1.165) is 37.3 Å². The Morgan fingerprint density at radius 1 is 1.14 bits per heavy atom. The number of carbonyl (C=O) groups excluding carboxylic acids is 1. The van der Waals surface area contributed by atoms with Crippen molar-refractivity contribution in [2.24, 2.45) is 17.8 Å². The molecule has 4 aliphatic carbocycles. The number of carbonyl (C=O) groups is 1. The molecule has 0 aromatic heterocycles. The van der Waals surface area contributed by atoms with Crippen LogP contribution in [0.25, 0.3) is 0 Å². The number of nitrogens with one attached hydrogen (secondary N) is 2. The van der Waals surface area contributed by atoms with Crippen LogP contribution < -0.4 is 10.6 Å². The Kier molecular flexibility index (Phi) is 3.40. The number of likely N-dealkylation sites (N-methyl/N-ethyl adjacent to an activating group) is 1. The number of urea groups is 1. The first kappa shape index (κ1) is 13.9. The minimum Gasteiger partial charge on any atom is -0.333 e. The van der Waals surface area contributed by atoms with Crippen molar-refractivity contribution in [1.82, 2.24) is 15.5 Å². The van der Waals surface area contributed by atoms with Crippen molar-refractivity contribution in [3.63, 3.8) is 0 Å². The van der Waals surface area contributed by atoms with Gasteiger partial charge in [-0.25, -0.2) is 4.79 Å². The fourth-order valence-corrected chi connectivity index (χ4v) is 5.91. The second kappa shape index (κ2) is 5.15. The Balaban J connectivity index is 1.42. The maximum atomic E-state index is 12.7. The molecule has 1 heterocycles. The molecule has 5 fully saturated rings. The fourth-order valence-electron chi connectivity index (χ4n) is 5.91. The Labute approximate surface area is 128 Å². The van der Waals surface area contributed by atoms with E-state index < -0.39 is 0 Å². The Morgan fingerprint density at radius 2 is 1.76 bits per heavy atom. The molecule has 1 atom stereocenters. The lowest BCUT2D eigenvalue weighted by molar-refractivity contribution is -0.0160. The van der Waals surface area contributed by atoms with E-state index in [1.807, 2.05) is 11.9 Å². The molecule has 5 rings (SSSR count). The zero-order chi connectivity index (χ0) is 14.4. The number of hydrogen-bond donors (Lipinski definition) is 2. The largest absolute Gasteiger partial charge is 0.333 e. The van der Waals surface area contributed by atoms with E-state index in [1.165, 1.54) is 44.9 Å². The lowest BCUT2D eigenvalue weighted by Crippen LogP contribution is -2.62. The molecule has 0 spiro atoms. The topological polar surface area (TPSA) is 44.4 Å². The summed E-state index contributed by atoms with van der Waals surface area (Å²) in [6, 6.07) is 0.540. The first-order valence-corrected chi connectivity index (χ1v) is 8.89. The molecule has 21 heavy (non-hydrogen) atoms. The molecule has 4 bridgehead atoms. The zero-order valence-electron chi connectivity index (χ0n) is 13.2. The second-order valence-electron chi connectivity index (χ2n) is 8.24. The Hall–Kier alpha value is -0.770. The first-order valence-electron chi connectivity index (χ1n) is 8.89. The third kappa shape index (κ3) is 2.56. The van der Waals surface area contributed by atoms with Crippen molar-refractivity contribution in [3.8, 4) is 0 Å². The number of piperidine rings is 1. The molecule has 1 saturated heterocycles. The molecule has 4 saturated carbocycles. The average Bonchev–Trinajstić information content (AvgIpc) is 2.45. The van der Waals surface area contributed by atoms with Crippen LogP contribution in [-0.4, -0.2) is 42.6 Å². The summed E-state index contributed by atoms with van der Waals surface area (Å²) in [7, 11) is 1.98. The Morgan fingerprint density at radius 3 is 2.29 bits per heavy atom. The predicted molar refractivity (Wildman–Crippen MR) is 83.1 cm³/mol. The SMILES string of the molecule is CN(C(=O)NC12CC3CC(CC(C3)C1)C2)C1CCCNC1.